The quantitative estimate of drug-likeness (QED) is 0.275. The van der Waals surface area contributed by atoms with Crippen LogP contribution in [0.5, 0.6) is 0 Å². The number of nitrogens with one attached hydrogen (secondary N) is 1. The van der Waals surface area contributed by atoms with Crippen LogP contribution in [0.3, 0.4) is 0 Å². The van der Waals surface area contributed by atoms with Gasteiger partial charge in [-0.05, 0) is 46.5 Å². The van der Waals surface area contributed by atoms with Crippen LogP contribution in [0.1, 0.15) is 0 Å². The fraction of sp³-hybridized carbons (Fsp3) is 0. The second kappa shape index (κ2) is 9.54. The SMILES string of the molecule is c1ccc(-c2cc(-c3ccccc3)c(NSc3ccccn3)c(-c3ccccc3)c2)cc1. The second-order valence-corrected chi connectivity index (χ2v) is 8.24. The molecule has 4 aromatic carbocycles. The van der Waals surface area contributed by atoms with E-state index in [1.54, 1.807) is 0 Å². The molecule has 0 atom stereocenters. The number of pyridine rings is 1. The molecule has 0 aliphatic carbocycles. The van der Waals surface area contributed by atoms with Gasteiger partial charge in [-0.1, -0.05) is 97.1 Å². The Morgan fingerprint density at radius 3 is 1.50 bits per heavy atom. The molecule has 0 bridgehead atoms. The van der Waals surface area contributed by atoms with Gasteiger partial charge in [-0.3, -0.25) is 0 Å². The van der Waals surface area contributed by atoms with Crippen LogP contribution in [0, 0.1) is 0 Å². The number of hydrogen-bond donors (Lipinski definition) is 1. The zero-order chi connectivity index (χ0) is 21.6. The predicted molar refractivity (Wildman–Crippen MR) is 136 cm³/mol. The van der Waals surface area contributed by atoms with Gasteiger partial charge in [0, 0.05) is 29.3 Å². The number of hydrogen-bond acceptors (Lipinski definition) is 3. The first kappa shape index (κ1) is 20.1. The van der Waals surface area contributed by atoms with Crippen molar-refractivity contribution in [2.24, 2.45) is 0 Å². The minimum Gasteiger partial charge on any atom is -0.323 e. The largest absolute Gasteiger partial charge is 0.323 e. The van der Waals surface area contributed by atoms with E-state index < -0.39 is 0 Å². The van der Waals surface area contributed by atoms with Crippen molar-refractivity contribution in [3.05, 3.63) is 128 Å². The van der Waals surface area contributed by atoms with E-state index in [0.717, 1.165) is 21.8 Å². The first-order valence-electron chi connectivity index (χ1n) is 10.6. The van der Waals surface area contributed by atoms with Crippen LogP contribution in [0.4, 0.5) is 5.69 Å². The van der Waals surface area contributed by atoms with Gasteiger partial charge in [0.25, 0.3) is 0 Å². The highest BCUT2D eigenvalue weighted by molar-refractivity contribution is 8.00. The molecule has 0 saturated heterocycles. The van der Waals surface area contributed by atoms with Gasteiger partial charge in [-0.25, -0.2) is 4.98 Å². The van der Waals surface area contributed by atoms with E-state index in [1.807, 2.05) is 24.4 Å². The van der Waals surface area contributed by atoms with Crippen LogP contribution < -0.4 is 4.72 Å². The molecule has 0 unspecified atom stereocenters. The van der Waals surface area contributed by atoms with Gasteiger partial charge in [0.2, 0.25) is 0 Å². The normalized spacial score (nSPS) is 10.6. The molecule has 0 aliphatic rings. The summed E-state index contributed by atoms with van der Waals surface area (Å²) >= 11 is 1.53. The summed E-state index contributed by atoms with van der Waals surface area (Å²) in [5.74, 6) is 0. The van der Waals surface area contributed by atoms with Crippen molar-refractivity contribution in [3.8, 4) is 33.4 Å². The number of benzene rings is 4. The summed E-state index contributed by atoms with van der Waals surface area (Å²) in [4.78, 5) is 4.46. The lowest BCUT2D eigenvalue weighted by Gasteiger charge is -2.19. The van der Waals surface area contributed by atoms with Crippen LogP contribution in [0.25, 0.3) is 33.4 Å². The first-order valence-corrected chi connectivity index (χ1v) is 11.4. The lowest BCUT2D eigenvalue weighted by Crippen LogP contribution is -1.97. The van der Waals surface area contributed by atoms with E-state index in [-0.39, 0.29) is 0 Å². The average Bonchev–Trinajstić information content (AvgIpc) is 2.89. The Balaban J connectivity index is 1.71. The van der Waals surface area contributed by atoms with Crippen LogP contribution in [-0.2, 0) is 0 Å². The Labute approximate surface area is 193 Å². The number of anilines is 1. The molecule has 1 N–H and O–H groups in total. The van der Waals surface area contributed by atoms with Gasteiger partial charge in [0.15, 0.2) is 0 Å². The van der Waals surface area contributed by atoms with E-state index in [4.69, 9.17) is 0 Å². The Hall–Kier alpha value is -3.82. The van der Waals surface area contributed by atoms with Crippen LogP contribution in [0.2, 0.25) is 0 Å². The fourth-order valence-electron chi connectivity index (χ4n) is 3.75. The molecule has 5 rings (SSSR count). The van der Waals surface area contributed by atoms with Gasteiger partial charge < -0.3 is 4.72 Å². The first-order chi connectivity index (χ1) is 15.9. The Kier molecular flexibility index (Phi) is 6.00. The molecule has 1 heterocycles. The summed E-state index contributed by atoms with van der Waals surface area (Å²) < 4.78 is 3.63. The third kappa shape index (κ3) is 4.43. The summed E-state index contributed by atoms with van der Waals surface area (Å²) in [6, 6.07) is 42.2. The molecular weight excluding hydrogens is 408 g/mol. The highest BCUT2D eigenvalue weighted by Gasteiger charge is 2.16. The van der Waals surface area contributed by atoms with E-state index >= 15 is 0 Å². The van der Waals surface area contributed by atoms with Crippen molar-refractivity contribution in [1.82, 2.24) is 4.98 Å². The third-order valence-corrected chi connectivity index (χ3v) is 6.07. The third-order valence-electron chi connectivity index (χ3n) is 5.31. The summed E-state index contributed by atoms with van der Waals surface area (Å²) in [5, 5.41) is 0.928. The second-order valence-electron chi connectivity index (χ2n) is 7.42. The molecule has 1 aromatic heterocycles. The zero-order valence-corrected chi connectivity index (χ0v) is 18.3. The van der Waals surface area contributed by atoms with Crippen molar-refractivity contribution < 1.29 is 0 Å². The topological polar surface area (TPSA) is 24.9 Å². The maximum atomic E-state index is 4.46. The maximum Gasteiger partial charge on any atom is 0.116 e. The van der Waals surface area contributed by atoms with Crippen LogP contribution in [-0.4, -0.2) is 4.98 Å². The summed E-state index contributed by atoms with van der Waals surface area (Å²) in [6.07, 6.45) is 1.82. The van der Waals surface area contributed by atoms with E-state index in [0.29, 0.717) is 0 Å². The molecule has 3 heteroatoms. The molecule has 2 nitrogen and oxygen atoms in total. The molecule has 0 radical (unpaired) electrons. The zero-order valence-electron chi connectivity index (χ0n) is 17.5. The standard InChI is InChI=1S/C29H22N2S/c1-4-12-22(13-5-1)25-20-26(23-14-6-2-7-15-23)29(31-32-28-18-10-11-19-30-28)27(21-25)24-16-8-3-9-17-24/h1-21,31H. The predicted octanol–water partition coefficient (Wildman–Crippen LogP) is 8.20. The monoisotopic (exact) mass is 430 g/mol. The lowest BCUT2D eigenvalue weighted by molar-refractivity contribution is 1.14. The van der Waals surface area contributed by atoms with Crippen molar-refractivity contribution >= 4 is 17.6 Å². The molecular formula is C29H22N2S. The van der Waals surface area contributed by atoms with E-state index in [9.17, 15) is 0 Å². The smallest absolute Gasteiger partial charge is 0.116 e. The number of nitrogens with zero attached hydrogens (tertiary/aromatic N) is 1. The molecule has 5 aromatic rings. The summed E-state index contributed by atoms with van der Waals surface area (Å²) in [6.45, 7) is 0. The molecule has 0 spiro atoms. The summed E-state index contributed by atoms with van der Waals surface area (Å²) in [5.41, 5.74) is 8.14. The highest BCUT2D eigenvalue weighted by Crippen LogP contribution is 2.42. The van der Waals surface area contributed by atoms with Gasteiger partial charge in [0.1, 0.15) is 5.03 Å². The van der Waals surface area contributed by atoms with E-state index in [2.05, 4.69) is 113 Å². The highest BCUT2D eigenvalue weighted by atomic mass is 32.2. The molecule has 0 fully saturated rings. The molecule has 0 aliphatic heterocycles. The van der Waals surface area contributed by atoms with Gasteiger partial charge >= 0.3 is 0 Å². The molecule has 154 valence electrons. The van der Waals surface area contributed by atoms with Gasteiger partial charge in [-0.15, -0.1) is 0 Å². The van der Waals surface area contributed by atoms with E-state index in [1.165, 1.54) is 34.2 Å². The molecule has 0 amide bonds. The lowest BCUT2D eigenvalue weighted by atomic mass is 9.91. The van der Waals surface area contributed by atoms with Crippen molar-refractivity contribution in [2.45, 2.75) is 5.03 Å². The number of rotatable bonds is 6. The molecule has 32 heavy (non-hydrogen) atoms. The Morgan fingerprint density at radius 1 is 0.500 bits per heavy atom. The maximum absolute atomic E-state index is 4.46. The minimum atomic E-state index is 0.928. The molecule has 0 saturated carbocycles. The Bertz CT molecular complexity index is 1230. The average molecular weight is 431 g/mol. The van der Waals surface area contributed by atoms with Crippen molar-refractivity contribution in [1.29, 1.82) is 0 Å². The Morgan fingerprint density at radius 2 is 1.00 bits per heavy atom. The van der Waals surface area contributed by atoms with Crippen LogP contribution in [0.15, 0.2) is 133 Å². The van der Waals surface area contributed by atoms with Gasteiger partial charge in [-0.2, -0.15) is 0 Å². The van der Waals surface area contributed by atoms with Crippen LogP contribution >= 0.6 is 11.9 Å². The summed E-state index contributed by atoms with van der Waals surface area (Å²) in [7, 11) is 0. The van der Waals surface area contributed by atoms with Crippen molar-refractivity contribution in [2.75, 3.05) is 4.72 Å². The van der Waals surface area contributed by atoms with Gasteiger partial charge in [0.05, 0.1) is 5.69 Å². The minimum absolute atomic E-state index is 0.928. The number of aromatic nitrogens is 1. The fourth-order valence-corrected chi connectivity index (χ4v) is 4.44. The van der Waals surface area contributed by atoms with Crippen molar-refractivity contribution in [3.63, 3.8) is 0 Å².